The molecule has 1 heterocycles. The SMILES string of the molecule is Cc1nnc(NCCC2=CCCC2)s1. The Morgan fingerprint density at radius 1 is 1.50 bits per heavy atom. The lowest BCUT2D eigenvalue weighted by molar-refractivity contribution is 0.861. The fraction of sp³-hybridized carbons (Fsp3) is 0.600. The van der Waals surface area contributed by atoms with Gasteiger partial charge in [-0.25, -0.2) is 0 Å². The zero-order valence-corrected chi connectivity index (χ0v) is 9.23. The standard InChI is InChI=1S/C10H15N3S/c1-8-12-13-10(14-8)11-7-6-9-4-2-3-5-9/h4H,2-3,5-7H2,1H3,(H,11,13). The third-order valence-corrected chi connectivity index (χ3v) is 3.18. The summed E-state index contributed by atoms with van der Waals surface area (Å²) in [6, 6.07) is 0. The molecule has 0 saturated carbocycles. The van der Waals surface area contributed by atoms with Crippen LogP contribution in [0, 0.1) is 6.92 Å². The van der Waals surface area contributed by atoms with Crippen LogP contribution in [0.4, 0.5) is 5.13 Å². The van der Waals surface area contributed by atoms with E-state index in [2.05, 4.69) is 21.6 Å². The third-order valence-electron chi connectivity index (χ3n) is 2.38. The number of allylic oxidation sites excluding steroid dienone is 1. The van der Waals surface area contributed by atoms with Gasteiger partial charge in [0.05, 0.1) is 0 Å². The molecule has 0 spiro atoms. The number of hydrogen-bond donors (Lipinski definition) is 1. The largest absolute Gasteiger partial charge is 0.360 e. The van der Waals surface area contributed by atoms with E-state index < -0.39 is 0 Å². The zero-order valence-electron chi connectivity index (χ0n) is 8.42. The molecule has 0 atom stereocenters. The van der Waals surface area contributed by atoms with Crippen molar-refractivity contribution in [2.45, 2.75) is 32.6 Å². The second-order valence-corrected chi connectivity index (χ2v) is 4.74. The van der Waals surface area contributed by atoms with Crippen LogP contribution in [0.25, 0.3) is 0 Å². The van der Waals surface area contributed by atoms with Gasteiger partial charge in [0.25, 0.3) is 0 Å². The summed E-state index contributed by atoms with van der Waals surface area (Å²) in [4.78, 5) is 0. The second-order valence-electron chi connectivity index (χ2n) is 3.56. The van der Waals surface area contributed by atoms with Crippen molar-refractivity contribution in [1.82, 2.24) is 10.2 Å². The van der Waals surface area contributed by atoms with Crippen molar-refractivity contribution < 1.29 is 0 Å². The lowest BCUT2D eigenvalue weighted by Crippen LogP contribution is -2.01. The first kappa shape index (κ1) is 9.65. The Morgan fingerprint density at radius 2 is 2.43 bits per heavy atom. The molecule has 1 aromatic heterocycles. The minimum atomic E-state index is 0.945. The molecule has 0 unspecified atom stereocenters. The fourth-order valence-corrected chi connectivity index (χ4v) is 2.28. The van der Waals surface area contributed by atoms with E-state index in [1.165, 1.54) is 19.3 Å². The highest BCUT2D eigenvalue weighted by Gasteiger charge is 2.04. The molecule has 0 bridgehead atoms. The Balaban J connectivity index is 1.72. The number of anilines is 1. The minimum Gasteiger partial charge on any atom is -0.360 e. The molecule has 0 aliphatic heterocycles. The molecule has 1 aliphatic carbocycles. The van der Waals surface area contributed by atoms with E-state index in [0.717, 1.165) is 23.1 Å². The van der Waals surface area contributed by atoms with Crippen molar-refractivity contribution in [2.75, 3.05) is 11.9 Å². The maximum atomic E-state index is 4.02. The first-order valence-corrected chi connectivity index (χ1v) is 5.88. The summed E-state index contributed by atoms with van der Waals surface area (Å²) in [7, 11) is 0. The molecule has 0 amide bonds. The lowest BCUT2D eigenvalue weighted by atomic mass is 10.2. The van der Waals surface area contributed by atoms with Gasteiger partial charge in [-0.3, -0.25) is 0 Å². The zero-order chi connectivity index (χ0) is 9.80. The van der Waals surface area contributed by atoms with Gasteiger partial charge in [0.15, 0.2) is 0 Å². The van der Waals surface area contributed by atoms with E-state index in [0.29, 0.717) is 0 Å². The number of rotatable bonds is 4. The van der Waals surface area contributed by atoms with Crippen molar-refractivity contribution in [3.63, 3.8) is 0 Å². The normalized spacial score (nSPS) is 15.6. The Labute approximate surface area is 88.3 Å². The highest BCUT2D eigenvalue weighted by Crippen LogP contribution is 2.21. The van der Waals surface area contributed by atoms with Crippen LogP contribution in [-0.2, 0) is 0 Å². The van der Waals surface area contributed by atoms with Crippen LogP contribution < -0.4 is 5.32 Å². The second kappa shape index (κ2) is 4.55. The van der Waals surface area contributed by atoms with Gasteiger partial charge in [0, 0.05) is 6.54 Å². The monoisotopic (exact) mass is 209 g/mol. The summed E-state index contributed by atoms with van der Waals surface area (Å²) in [5.41, 5.74) is 1.60. The highest BCUT2D eigenvalue weighted by molar-refractivity contribution is 7.15. The molecular weight excluding hydrogens is 194 g/mol. The number of aryl methyl sites for hydroxylation is 1. The van der Waals surface area contributed by atoms with Crippen LogP contribution in [0.15, 0.2) is 11.6 Å². The van der Waals surface area contributed by atoms with Crippen molar-refractivity contribution in [3.8, 4) is 0 Å². The average Bonchev–Trinajstić information content (AvgIpc) is 2.77. The van der Waals surface area contributed by atoms with Crippen molar-refractivity contribution in [2.24, 2.45) is 0 Å². The predicted octanol–water partition coefficient (Wildman–Crippen LogP) is 2.76. The molecule has 1 N–H and O–H groups in total. The van der Waals surface area contributed by atoms with E-state index in [9.17, 15) is 0 Å². The maximum absolute atomic E-state index is 4.02. The van der Waals surface area contributed by atoms with Crippen LogP contribution in [0.3, 0.4) is 0 Å². The molecule has 0 aromatic carbocycles. The first-order valence-electron chi connectivity index (χ1n) is 5.06. The highest BCUT2D eigenvalue weighted by atomic mass is 32.1. The molecule has 76 valence electrons. The van der Waals surface area contributed by atoms with Gasteiger partial charge in [-0.2, -0.15) is 0 Å². The summed E-state index contributed by atoms with van der Waals surface area (Å²) in [5.74, 6) is 0. The van der Waals surface area contributed by atoms with Gasteiger partial charge in [-0.15, -0.1) is 10.2 Å². The Bertz CT molecular complexity index is 330. The van der Waals surface area contributed by atoms with Gasteiger partial charge in [-0.05, 0) is 32.6 Å². The molecule has 14 heavy (non-hydrogen) atoms. The molecule has 0 fully saturated rings. The molecule has 0 radical (unpaired) electrons. The van der Waals surface area contributed by atoms with Crippen LogP contribution in [0.2, 0.25) is 0 Å². The van der Waals surface area contributed by atoms with E-state index >= 15 is 0 Å². The van der Waals surface area contributed by atoms with Gasteiger partial charge >= 0.3 is 0 Å². The topological polar surface area (TPSA) is 37.8 Å². The van der Waals surface area contributed by atoms with Crippen molar-refractivity contribution in [1.29, 1.82) is 0 Å². The van der Waals surface area contributed by atoms with E-state index in [-0.39, 0.29) is 0 Å². The lowest BCUT2D eigenvalue weighted by Gasteiger charge is -2.02. The summed E-state index contributed by atoms with van der Waals surface area (Å²) >= 11 is 1.62. The molecule has 4 heteroatoms. The molecular formula is C10H15N3S. The number of aromatic nitrogens is 2. The summed E-state index contributed by atoms with van der Waals surface area (Å²) in [6.45, 7) is 2.96. The van der Waals surface area contributed by atoms with Gasteiger partial charge in [0.2, 0.25) is 5.13 Å². The third kappa shape index (κ3) is 2.54. The summed E-state index contributed by atoms with van der Waals surface area (Å²) in [5, 5.41) is 13.2. The Kier molecular flexibility index (Phi) is 3.14. The number of nitrogens with one attached hydrogen (secondary N) is 1. The van der Waals surface area contributed by atoms with Gasteiger partial charge < -0.3 is 5.32 Å². The smallest absolute Gasteiger partial charge is 0.205 e. The summed E-state index contributed by atoms with van der Waals surface area (Å²) in [6.07, 6.45) is 7.42. The van der Waals surface area contributed by atoms with Gasteiger partial charge in [0.1, 0.15) is 5.01 Å². The molecule has 2 rings (SSSR count). The Morgan fingerprint density at radius 3 is 3.07 bits per heavy atom. The van der Waals surface area contributed by atoms with Crippen LogP contribution >= 0.6 is 11.3 Å². The first-order chi connectivity index (χ1) is 6.84. The van der Waals surface area contributed by atoms with E-state index in [1.54, 1.807) is 16.9 Å². The van der Waals surface area contributed by atoms with Crippen molar-refractivity contribution >= 4 is 16.5 Å². The van der Waals surface area contributed by atoms with E-state index in [1.807, 2.05) is 6.92 Å². The number of nitrogens with zero attached hydrogens (tertiary/aromatic N) is 2. The molecule has 3 nitrogen and oxygen atoms in total. The van der Waals surface area contributed by atoms with Crippen molar-refractivity contribution in [3.05, 3.63) is 16.7 Å². The molecule has 1 aliphatic rings. The van der Waals surface area contributed by atoms with Crippen LogP contribution in [0.1, 0.15) is 30.7 Å². The van der Waals surface area contributed by atoms with E-state index in [4.69, 9.17) is 0 Å². The predicted molar refractivity (Wildman–Crippen MR) is 59.7 cm³/mol. The van der Waals surface area contributed by atoms with Crippen LogP contribution in [0.5, 0.6) is 0 Å². The van der Waals surface area contributed by atoms with Gasteiger partial charge in [-0.1, -0.05) is 23.0 Å². The molecule has 0 saturated heterocycles. The quantitative estimate of drug-likeness (QED) is 0.775. The molecule has 1 aromatic rings. The fourth-order valence-electron chi connectivity index (χ4n) is 1.66. The minimum absolute atomic E-state index is 0.945. The number of hydrogen-bond acceptors (Lipinski definition) is 4. The van der Waals surface area contributed by atoms with Crippen LogP contribution in [-0.4, -0.2) is 16.7 Å². The Hall–Kier alpha value is -0.900. The maximum Gasteiger partial charge on any atom is 0.205 e. The summed E-state index contributed by atoms with van der Waals surface area (Å²) < 4.78 is 0. The average molecular weight is 209 g/mol.